The Labute approximate surface area is 54.3 Å². The molecule has 9 heavy (non-hydrogen) atoms. The Kier molecular flexibility index (Phi) is 1.71. The zero-order valence-electron chi connectivity index (χ0n) is 4.47. The van der Waals surface area contributed by atoms with Gasteiger partial charge in [0, 0.05) is 0 Å². The molecule has 5 nitrogen and oxygen atoms in total. The molecule has 0 radical (unpaired) electrons. The summed E-state index contributed by atoms with van der Waals surface area (Å²) >= 11 is -4.65. The van der Waals surface area contributed by atoms with Gasteiger partial charge in [0.15, 0.2) is 0 Å². The van der Waals surface area contributed by atoms with E-state index in [1.165, 1.54) is 0 Å². The van der Waals surface area contributed by atoms with Crippen LogP contribution in [0.3, 0.4) is 0 Å². The van der Waals surface area contributed by atoms with Crippen LogP contribution < -0.4 is 0 Å². The van der Waals surface area contributed by atoms with Crippen LogP contribution in [-0.4, -0.2) is 45.1 Å². The van der Waals surface area contributed by atoms with Crippen LogP contribution in [0.5, 0.6) is 0 Å². The van der Waals surface area contributed by atoms with Crippen LogP contribution >= 0.6 is 0 Å². The van der Waals surface area contributed by atoms with Crippen molar-refractivity contribution in [3.05, 3.63) is 0 Å². The summed E-state index contributed by atoms with van der Waals surface area (Å²) in [4.78, 5) is -0.992. The third kappa shape index (κ3) is 1.56. The topological polar surface area (TPSA) is 90.3 Å². The molecule has 3 N–H and O–H groups in total. The summed E-state index contributed by atoms with van der Waals surface area (Å²) in [7, 11) is 0. The van der Waals surface area contributed by atoms with Gasteiger partial charge in [-0.15, -0.1) is 0 Å². The summed E-state index contributed by atoms with van der Waals surface area (Å²) in [5, 5.41) is 8.28. The molecule has 0 aromatic rings. The monoisotopic (exact) mass is 198 g/mol. The van der Waals surface area contributed by atoms with Crippen molar-refractivity contribution in [1.29, 1.82) is 0 Å². The molecule has 0 aromatic heterocycles. The van der Waals surface area contributed by atoms with E-state index in [0.29, 0.717) is 0 Å². The zero-order valence-corrected chi connectivity index (χ0v) is 6.34. The summed E-state index contributed by atoms with van der Waals surface area (Å²) in [5.74, 6) is 0. The second-order valence-corrected chi connectivity index (χ2v) is 5.38. The Morgan fingerprint density at radius 2 is 2.11 bits per heavy atom. The fourth-order valence-corrected chi connectivity index (χ4v) is 2.33. The van der Waals surface area contributed by atoms with E-state index in [-0.39, 0.29) is 6.61 Å². The van der Waals surface area contributed by atoms with Crippen molar-refractivity contribution >= 4 is 14.2 Å². The van der Waals surface area contributed by atoms with E-state index < -0.39 is 25.2 Å². The number of aliphatic hydroxyl groups excluding tert-OH is 1. The van der Waals surface area contributed by atoms with E-state index >= 15 is 0 Å². The SMILES string of the molecule is O=[As](O)(O)C1OC1CO. The third-order valence-electron chi connectivity index (χ3n) is 1.07. The van der Waals surface area contributed by atoms with Gasteiger partial charge in [-0.25, -0.2) is 0 Å². The fourth-order valence-electron chi connectivity index (χ4n) is 0.563. The predicted molar refractivity (Wildman–Crippen MR) is 26.6 cm³/mol. The van der Waals surface area contributed by atoms with Crippen molar-refractivity contribution in [2.24, 2.45) is 0 Å². The van der Waals surface area contributed by atoms with Crippen LogP contribution in [0.1, 0.15) is 0 Å². The molecule has 0 amide bonds. The third-order valence-corrected chi connectivity index (χ3v) is 3.41. The van der Waals surface area contributed by atoms with E-state index in [2.05, 4.69) is 4.74 Å². The molecule has 6 heteroatoms. The summed E-state index contributed by atoms with van der Waals surface area (Å²) in [6.45, 7) is -0.308. The normalized spacial score (nSPS) is 34.6. The van der Waals surface area contributed by atoms with Gasteiger partial charge >= 0.3 is 53.5 Å². The van der Waals surface area contributed by atoms with Crippen molar-refractivity contribution in [2.75, 3.05) is 6.61 Å². The number of ether oxygens (including phenoxy) is 1. The molecular weight excluding hydrogens is 191 g/mol. The van der Waals surface area contributed by atoms with Gasteiger partial charge in [0.2, 0.25) is 0 Å². The first-order valence-electron chi connectivity index (χ1n) is 2.37. The standard InChI is InChI=1S/C3H7AsO5/c5-1-2-3(9-2)4(6,7)8/h2-3,5H,1H2,(H2,6,7,8). The zero-order chi connectivity index (χ0) is 7.07. The van der Waals surface area contributed by atoms with E-state index in [4.69, 9.17) is 13.3 Å². The van der Waals surface area contributed by atoms with Gasteiger partial charge < -0.3 is 0 Å². The van der Waals surface area contributed by atoms with Gasteiger partial charge in [0.05, 0.1) is 0 Å². The van der Waals surface area contributed by atoms with E-state index in [1.807, 2.05) is 0 Å². The number of aliphatic hydroxyl groups is 1. The second-order valence-electron chi connectivity index (χ2n) is 1.84. The summed E-state index contributed by atoms with van der Waals surface area (Å²) < 4.78 is 31.5. The molecule has 1 aliphatic rings. The Hall–Kier alpha value is 0.198. The Balaban J connectivity index is 2.43. The maximum atomic E-state index is 10.3. The molecule has 2 unspecified atom stereocenters. The average molecular weight is 198 g/mol. The summed E-state index contributed by atoms with van der Waals surface area (Å²) in [5.41, 5.74) is 0. The van der Waals surface area contributed by atoms with E-state index in [1.54, 1.807) is 0 Å². The average Bonchev–Trinajstić information content (AvgIpc) is 2.39. The van der Waals surface area contributed by atoms with Crippen molar-refractivity contribution in [3.8, 4) is 0 Å². The van der Waals surface area contributed by atoms with Gasteiger partial charge in [-0.3, -0.25) is 0 Å². The molecule has 1 aliphatic heterocycles. The summed E-state index contributed by atoms with van der Waals surface area (Å²) in [6.07, 6.45) is -0.620. The van der Waals surface area contributed by atoms with Crippen molar-refractivity contribution in [2.45, 2.75) is 11.0 Å². The van der Waals surface area contributed by atoms with E-state index in [9.17, 15) is 3.74 Å². The first-order chi connectivity index (χ1) is 4.05. The molecule has 0 saturated carbocycles. The Morgan fingerprint density at radius 1 is 1.56 bits per heavy atom. The predicted octanol–water partition coefficient (Wildman–Crippen LogP) is -2.36. The molecule has 1 rings (SSSR count). The molecule has 1 saturated heterocycles. The number of epoxide rings is 1. The molecule has 1 heterocycles. The van der Waals surface area contributed by atoms with Gasteiger partial charge in [0.1, 0.15) is 0 Å². The van der Waals surface area contributed by atoms with Crippen LogP contribution in [0.15, 0.2) is 0 Å². The number of hydrogen-bond acceptors (Lipinski definition) is 3. The molecule has 0 bridgehead atoms. The van der Waals surface area contributed by atoms with Crippen molar-refractivity contribution in [1.82, 2.24) is 0 Å². The molecule has 1 fully saturated rings. The molecule has 0 spiro atoms. The van der Waals surface area contributed by atoms with Crippen LogP contribution in [0.25, 0.3) is 0 Å². The Morgan fingerprint density at radius 3 is 2.22 bits per heavy atom. The first kappa shape index (κ1) is 7.31. The van der Waals surface area contributed by atoms with Crippen LogP contribution in [0.4, 0.5) is 0 Å². The second kappa shape index (κ2) is 2.11. The minimum atomic E-state index is -4.65. The van der Waals surface area contributed by atoms with Crippen LogP contribution in [0.2, 0.25) is 0 Å². The van der Waals surface area contributed by atoms with Gasteiger partial charge in [-0.2, -0.15) is 0 Å². The molecule has 2 atom stereocenters. The van der Waals surface area contributed by atoms with E-state index in [0.717, 1.165) is 0 Å². The summed E-state index contributed by atoms with van der Waals surface area (Å²) in [6, 6.07) is 0. The maximum absolute atomic E-state index is 10.3. The van der Waals surface area contributed by atoms with Crippen LogP contribution in [-0.2, 0) is 8.48 Å². The van der Waals surface area contributed by atoms with Gasteiger partial charge in [-0.05, 0) is 0 Å². The van der Waals surface area contributed by atoms with Crippen molar-refractivity contribution in [3.63, 3.8) is 0 Å². The van der Waals surface area contributed by atoms with Gasteiger partial charge in [-0.1, -0.05) is 0 Å². The van der Waals surface area contributed by atoms with Gasteiger partial charge in [0.25, 0.3) is 0 Å². The molecule has 0 aromatic carbocycles. The van der Waals surface area contributed by atoms with Crippen molar-refractivity contribution < 1.29 is 21.8 Å². The minimum absolute atomic E-state index is 0.308. The number of rotatable bonds is 2. The fraction of sp³-hybridized carbons (Fsp3) is 1.00. The number of hydrogen-bond donors (Lipinski definition) is 3. The molecule has 0 aliphatic carbocycles. The quantitative estimate of drug-likeness (QED) is 0.341. The first-order valence-corrected chi connectivity index (χ1v) is 5.90. The molecule has 54 valence electrons. The molecular formula is C3H7AsO5. The Bertz CT molecular complexity index is 150. The van der Waals surface area contributed by atoms with Crippen LogP contribution in [0, 0.1) is 0 Å².